The molecule has 4 rings (SSSR count). The number of nitrogens with zero attached hydrogens (tertiary/aromatic N) is 2. The van der Waals surface area contributed by atoms with Crippen LogP contribution in [0.25, 0.3) is 0 Å². The lowest BCUT2D eigenvalue weighted by Gasteiger charge is -2.45. The summed E-state index contributed by atoms with van der Waals surface area (Å²) < 4.78 is 51.8. The maximum Gasteiger partial charge on any atom is 0.260 e. The molecule has 2 bridgehead atoms. The number of hydrogen-bond acceptors (Lipinski definition) is 5. The number of fused-ring (bicyclic) bond motifs is 2. The molecule has 2 atom stereocenters. The van der Waals surface area contributed by atoms with Gasteiger partial charge in [0.2, 0.25) is 10.0 Å². The molecular formula is C21H23FN2O5S. The summed E-state index contributed by atoms with van der Waals surface area (Å²) in [6.45, 7) is 2.69. The molecule has 0 radical (unpaired) electrons. The molecule has 2 saturated heterocycles. The highest BCUT2D eigenvalue weighted by Gasteiger charge is 2.41. The van der Waals surface area contributed by atoms with E-state index in [2.05, 4.69) is 0 Å². The predicted octanol–water partition coefficient (Wildman–Crippen LogP) is 1.81. The summed E-state index contributed by atoms with van der Waals surface area (Å²) in [7, 11) is -3.75. The number of sulfonamides is 1. The molecule has 30 heavy (non-hydrogen) atoms. The van der Waals surface area contributed by atoms with Gasteiger partial charge >= 0.3 is 0 Å². The fraction of sp³-hybridized carbons (Fsp3) is 0.381. The average molecular weight is 434 g/mol. The first kappa shape index (κ1) is 20.8. The Hall–Kier alpha value is -2.49. The Kier molecular flexibility index (Phi) is 5.77. The first-order valence-corrected chi connectivity index (χ1v) is 11.1. The molecule has 1 amide bonds. The number of aryl methyl sites for hydroxylation is 1. The van der Waals surface area contributed by atoms with Crippen molar-refractivity contribution in [2.75, 3.05) is 32.8 Å². The van der Waals surface area contributed by atoms with Crippen molar-refractivity contribution in [2.24, 2.45) is 0 Å². The van der Waals surface area contributed by atoms with Crippen molar-refractivity contribution >= 4 is 15.9 Å². The molecule has 2 aromatic rings. The highest BCUT2D eigenvalue weighted by Crippen LogP contribution is 2.25. The molecule has 9 heteroatoms. The van der Waals surface area contributed by atoms with E-state index in [-0.39, 0.29) is 30.5 Å². The van der Waals surface area contributed by atoms with Crippen molar-refractivity contribution in [3.63, 3.8) is 0 Å². The van der Waals surface area contributed by atoms with Crippen molar-refractivity contribution in [1.29, 1.82) is 0 Å². The lowest BCUT2D eigenvalue weighted by atomic mass is 10.1. The minimum Gasteiger partial charge on any atom is -0.484 e. The van der Waals surface area contributed by atoms with Crippen molar-refractivity contribution in [1.82, 2.24) is 9.21 Å². The van der Waals surface area contributed by atoms with Crippen LogP contribution in [0.2, 0.25) is 0 Å². The molecule has 0 aromatic heterocycles. The van der Waals surface area contributed by atoms with Crippen molar-refractivity contribution in [3.8, 4) is 5.75 Å². The first-order valence-electron chi connectivity index (χ1n) is 9.70. The van der Waals surface area contributed by atoms with Crippen LogP contribution < -0.4 is 4.74 Å². The van der Waals surface area contributed by atoms with E-state index >= 15 is 0 Å². The first-order chi connectivity index (χ1) is 14.3. The molecule has 2 fully saturated rings. The zero-order chi connectivity index (χ0) is 21.3. The van der Waals surface area contributed by atoms with Gasteiger partial charge in [0.05, 0.1) is 17.1 Å². The van der Waals surface area contributed by atoms with Crippen LogP contribution in [0.5, 0.6) is 5.75 Å². The van der Waals surface area contributed by atoms with Crippen molar-refractivity contribution in [2.45, 2.75) is 24.0 Å². The molecule has 7 nitrogen and oxygen atoms in total. The average Bonchev–Trinajstić information content (AvgIpc) is 2.72. The van der Waals surface area contributed by atoms with Gasteiger partial charge < -0.3 is 14.4 Å². The number of morpholine rings is 2. The van der Waals surface area contributed by atoms with E-state index in [1.807, 2.05) is 31.2 Å². The maximum absolute atomic E-state index is 13.1. The molecule has 2 aliphatic rings. The molecule has 2 aromatic carbocycles. The number of halogens is 1. The lowest BCUT2D eigenvalue weighted by molar-refractivity contribution is -0.156. The Labute approximate surface area is 175 Å². The second-order valence-electron chi connectivity index (χ2n) is 7.51. The minimum atomic E-state index is -3.75. The number of amides is 1. The number of rotatable bonds is 5. The van der Waals surface area contributed by atoms with Gasteiger partial charge in [0.25, 0.3) is 5.91 Å². The zero-order valence-corrected chi connectivity index (χ0v) is 17.3. The SMILES string of the molecule is Cc1ccccc1OCC(=O)N1CC2CN(S(=O)(=O)c3ccc(F)cc3)CC(C1)O2. The third kappa shape index (κ3) is 4.33. The van der Waals surface area contributed by atoms with Crippen molar-refractivity contribution in [3.05, 3.63) is 59.9 Å². The summed E-state index contributed by atoms with van der Waals surface area (Å²) in [5, 5.41) is 0. The summed E-state index contributed by atoms with van der Waals surface area (Å²) in [5.41, 5.74) is 0.950. The van der Waals surface area contributed by atoms with Gasteiger partial charge in [0, 0.05) is 26.2 Å². The third-order valence-corrected chi connectivity index (χ3v) is 7.14. The summed E-state index contributed by atoms with van der Waals surface area (Å²) in [6.07, 6.45) is -0.842. The van der Waals surface area contributed by atoms with Crippen LogP contribution >= 0.6 is 0 Å². The number of benzene rings is 2. The molecule has 0 aliphatic carbocycles. The van der Waals surface area contributed by atoms with E-state index in [9.17, 15) is 17.6 Å². The van der Waals surface area contributed by atoms with Crippen molar-refractivity contribution < 1.29 is 27.1 Å². The van der Waals surface area contributed by atoms with Gasteiger partial charge in [-0.3, -0.25) is 4.79 Å². The van der Waals surface area contributed by atoms with Gasteiger partial charge in [0.15, 0.2) is 6.61 Å². The normalized spacial score (nSPS) is 22.0. The summed E-state index contributed by atoms with van der Waals surface area (Å²) in [5.74, 6) is 0.0112. The molecule has 0 saturated carbocycles. The van der Waals surface area contributed by atoms with Crippen LogP contribution in [-0.2, 0) is 19.6 Å². The molecule has 2 heterocycles. The Balaban J connectivity index is 1.38. The van der Waals surface area contributed by atoms with Crippen LogP contribution in [-0.4, -0.2) is 68.5 Å². The maximum atomic E-state index is 13.1. The third-order valence-electron chi connectivity index (χ3n) is 5.30. The minimum absolute atomic E-state index is 0.0448. The van der Waals surface area contributed by atoms with E-state index < -0.39 is 28.0 Å². The lowest BCUT2D eigenvalue weighted by Crippen LogP contribution is -2.61. The molecular weight excluding hydrogens is 411 g/mol. The predicted molar refractivity (Wildman–Crippen MR) is 107 cm³/mol. The Morgan fingerprint density at radius 2 is 1.70 bits per heavy atom. The number of para-hydroxylation sites is 1. The van der Waals surface area contributed by atoms with Crippen LogP contribution in [0, 0.1) is 12.7 Å². The van der Waals surface area contributed by atoms with Crippen LogP contribution in [0.3, 0.4) is 0 Å². The highest BCUT2D eigenvalue weighted by atomic mass is 32.2. The summed E-state index contributed by atoms with van der Waals surface area (Å²) >= 11 is 0. The molecule has 2 aliphatic heterocycles. The van der Waals surface area contributed by atoms with Crippen LogP contribution in [0.1, 0.15) is 5.56 Å². The van der Waals surface area contributed by atoms with Gasteiger partial charge in [-0.2, -0.15) is 4.31 Å². The summed E-state index contributed by atoms with van der Waals surface area (Å²) in [6, 6.07) is 12.3. The number of carbonyl (C=O) groups excluding carboxylic acids is 1. The Bertz CT molecular complexity index is 1010. The van der Waals surface area contributed by atoms with E-state index in [1.54, 1.807) is 4.90 Å². The van der Waals surface area contributed by atoms with Gasteiger partial charge in [-0.25, -0.2) is 12.8 Å². The fourth-order valence-electron chi connectivity index (χ4n) is 3.76. The second-order valence-corrected chi connectivity index (χ2v) is 9.45. The van der Waals surface area contributed by atoms with E-state index in [0.717, 1.165) is 17.7 Å². The zero-order valence-electron chi connectivity index (χ0n) is 16.5. The smallest absolute Gasteiger partial charge is 0.260 e. The highest BCUT2D eigenvalue weighted by molar-refractivity contribution is 7.89. The van der Waals surface area contributed by atoms with Gasteiger partial charge in [-0.1, -0.05) is 18.2 Å². The largest absolute Gasteiger partial charge is 0.484 e. The number of ether oxygens (including phenoxy) is 2. The van der Waals surface area contributed by atoms with E-state index in [0.29, 0.717) is 18.8 Å². The molecule has 0 N–H and O–H groups in total. The van der Waals surface area contributed by atoms with E-state index in [1.165, 1.54) is 16.4 Å². The molecule has 0 spiro atoms. The fourth-order valence-corrected chi connectivity index (χ4v) is 5.26. The van der Waals surface area contributed by atoms with Gasteiger partial charge in [-0.05, 0) is 42.8 Å². The standard InChI is InChI=1S/C21H23FN2O5S/c1-15-4-2-3-5-20(15)28-14-21(25)23-10-17-12-24(13-18(11-23)29-17)30(26,27)19-8-6-16(22)7-9-19/h2-9,17-18H,10-14H2,1H3. The van der Waals surface area contributed by atoms with E-state index in [4.69, 9.17) is 9.47 Å². The Morgan fingerprint density at radius 1 is 1.07 bits per heavy atom. The van der Waals surface area contributed by atoms with Crippen LogP contribution in [0.4, 0.5) is 4.39 Å². The quantitative estimate of drug-likeness (QED) is 0.718. The molecule has 160 valence electrons. The molecule has 2 unspecified atom stereocenters. The number of hydrogen-bond donors (Lipinski definition) is 0. The monoisotopic (exact) mass is 434 g/mol. The summed E-state index contributed by atoms with van der Waals surface area (Å²) in [4.78, 5) is 14.3. The van der Waals surface area contributed by atoms with Gasteiger partial charge in [-0.15, -0.1) is 0 Å². The van der Waals surface area contributed by atoms with Gasteiger partial charge in [0.1, 0.15) is 11.6 Å². The van der Waals surface area contributed by atoms with Crippen LogP contribution in [0.15, 0.2) is 53.4 Å². The number of carbonyl (C=O) groups is 1. The second kappa shape index (κ2) is 8.33. The Morgan fingerprint density at radius 3 is 2.33 bits per heavy atom. The topological polar surface area (TPSA) is 76.2 Å².